The largest absolute Gasteiger partial charge is 0.460 e. The van der Waals surface area contributed by atoms with E-state index in [0.29, 0.717) is 17.9 Å². The van der Waals surface area contributed by atoms with Crippen molar-refractivity contribution in [2.24, 2.45) is 5.92 Å². The number of hydrogen-bond donors (Lipinski definition) is 0. The lowest BCUT2D eigenvalue weighted by Crippen LogP contribution is -2.45. The fraction of sp³-hybridized carbons (Fsp3) is 0.423. The number of fused-ring (bicyclic) bond motifs is 1. The number of benzene rings is 2. The second-order valence-electron chi connectivity index (χ2n) is 9.51. The fourth-order valence-electron chi connectivity index (χ4n) is 4.15. The van der Waals surface area contributed by atoms with Crippen LogP contribution in [0.3, 0.4) is 0 Å². The maximum absolute atomic E-state index is 13.7. The minimum atomic E-state index is -0.806. The first kappa shape index (κ1) is 23.6. The van der Waals surface area contributed by atoms with E-state index >= 15 is 0 Å². The van der Waals surface area contributed by atoms with E-state index in [0.717, 1.165) is 16.0 Å². The van der Waals surface area contributed by atoms with Crippen molar-refractivity contribution in [3.8, 4) is 11.5 Å². The van der Waals surface area contributed by atoms with Gasteiger partial charge in [-0.05, 0) is 56.9 Å². The monoisotopic (exact) mass is 467 g/mol. The topological polar surface area (TPSA) is 91.4 Å². The Labute approximate surface area is 198 Å². The van der Waals surface area contributed by atoms with Crippen LogP contribution >= 0.6 is 0 Å². The van der Waals surface area contributed by atoms with Crippen molar-refractivity contribution < 1.29 is 33.3 Å². The lowest BCUT2D eigenvalue weighted by molar-refractivity contribution is -0.158. The van der Waals surface area contributed by atoms with Gasteiger partial charge in [0.1, 0.15) is 12.2 Å². The minimum absolute atomic E-state index is 0.114. The first-order valence-corrected chi connectivity index (χ1v) is 11.3. The molecule has 0 spiro atoms. The smallest absolute Gasteiger partial charge is 0.416 e. The summed E-state index contributed by atoms with van der Waals surface area (Å²) in [5.74, 6) is -0.543. The number of rotatable bonds is 7. The summed E-state index contributed by atoms with van der Waals surface area (Å²) in [5.41, 5.74) is 1.09. The summed E-state index contributed by atoms with van der Waals surface area (Å²) in [7, 11) is 0. The number of hydrogen-bond acceptors (Lipinski definition) is 7. The predicted octanol–water partition coefficient (Wildman–Crippen LogP) is 3.90. The number of esters is 1. The second kappa shape index (κ2) is 9.75. The molecule has 0 N–H and O–H groups in total. The summed E-state index contributed by atoms with van der Waals surface area (Å²) in [5, 5.41) is 0. The Morgan fingerprint density at radius 1 is 1.03 bits per heavy atom. The summed E-state index contributed by atoms with van der Waals surface area (Å²) < 4.78 is 21.5. The highest BCUT2D eigenvalue weighted by atomic mass is 16.7. The van der Waals surface area contributed by atoms with Crippen LogP contribution in [0.4, 0.5) is 4.79 Å². The van der Waals surface area contributed by atoms with E-state index in [1.807, 2.05) is 36.4 Å². The molecule has 34 heavy (non-hydrogen) atoms. The Hall–Kier alpha value is -3.55. The highest BCUT2D eigenvalue weighted by molar-refractivity contribution is 5.96. The molecule has 8 heteroatoms. The highest BCUT2D eigenvalue weighted by Gasteiger charge is 2.41. The molecule has 0 aromatic heterocycles. The Morgan fingerprint density at radius 2 is 1.76 bits per heavy atom. The first-order chi connectivity index (χ1) is 16.2. The molecule has 0 unspecified atom stereocenters. The van der Waals surface area contributed by atoms with Crippen LogP contribution in [0.15, 0.2) is 48.5 Å². The number of cyclic esters (lactones) is 1. The number of nitrogens with zero attached hydrogens (tertiary/aromatic N) is 1. The number of carbonyl (C=O) groups is 3. The lowest BCUT2D eigenvalue weighted by atomic mass is 9.93. The van der Waals surface area contributed by atoms with Gasteiger partial charge in [-0.15, -0.1) is 0 Å². The Kier molecular flexibility index (Phi) is 6.77. The molecule has 0 aliphatic carbocycles. The summed E-state index contributed by atoms with van der Waals surface area (Å²) in [6.07, 6.45) is -0.143. The van der Waals surface area contributed by atoms with E-state index in [4.69, 9.17) is 18.9 Å². The summed E-state index contributed by atoms with van der Waals surface area (Å²) >= 11 is 0. The van der Waals surface area contributed by atoms with Crippen molar-refractivity contribution in [1.29, 1.82) is 0 Å². The SMILES string of the molecule is CC(C)(C)OC(=O)C[C@H](Cc1ccc2c(c1)OCO2)C(=O)N1C(=O)OC[C@H]1Cc1ccccc1. The molecule has 180 valence electrons. The minimum Gasteiger partial charge on any atom is -0.460 e. The zero-order valence-electron chi connectivity index (χ0n) is 19.6. The van der Waals surface area contributed by atoms with Crippen molar-refractivity contribution in [3.63, 3.8) is 0 Å². The van der Waals surface area contributed by atoms with Crippen molar-refractivity contribution >= 4 is 18.0 Å². The highest BCUT2D eigenvalue weighted by Crippen LogP contribution is 2.34. The molecule has 2 amide bonds. The molecule has 4 rings (SSSR count). The van der Waals surface area contributed by atoms with E-state index in [-0.39, 0.29) is 26.2 Å². The van der Waals surface area contributed by atoms with Gasteiger partial charge in [0.05, 0.1) is 18.4 Å². The molecule has 1 fully saturated rings. The van der Waals surface area contributed by atoms with Crippen molar-refractivity contribution in [3.05, 3.63) is 59.7 Å². The van der Waals surface area contributed by atoms with Gasteiger partial charge in [0.25, 0.3) is 0 Å². The van der Waals surface area contributed by atoms with Gasteiger partial charge in [-0.1, -0.05) is 36.4 Å². The van der Waals surface area contributed by atoms with Gasteiger partial charge < -0.3 is 18.9 Å². The van der Waals surface area contributed by atoms with Crippen LogP contribution in [-0.2, 0) is 31.9 Å². The van der Waals surface area contributed by atoms with Crippen LogP contribution in [0.5, 0.6) is 11.5 Å². The normalized spacial score (nSPS) is 17.9. The van der Waals surface area contributed by atoms with Gasteiger partial charge in [0.2, 0.25) is 12.7 Å². The predicted molar refractivity (Wildman–Crippen MR) is 122 cm³/mol. The number of amides is 2. The van der Waals surface area contributed by atoms with E-state index in [1.165, 1.54) is 0 Å². The van der Waals surface area contributed by atoms with Crippen molar-refractivity contribution in [2.75, 3.05) is 13.4 Å². The summed E-state index contributed by atoms with van der Waals surface area (Å²) in [4.78, 5) is 40.1. The van der Waals surface area contributed by atoms with Gasteiger partial charge in [-0.25, -0.2) is 9.69 Å². The average molecular weight is 468 g/mol. The molecule has 2 aromatic rings. The third kappa shape index (κ3) is 5.68. The quantitative estimate of drug-likeness (QED) is 0.571. The van der Waals surface area contributed by atoms with Crippen LogP contribution in [0, 0.1) is 5.92 Å². The zero-order valence-corrected chi connectivity index (χ0v) is 19.6. The van der Waals surface area contributed by atoms with Gasteiger partial charge >= 0.3 is 12.1 Å². The lowest BCUT2D eigenvalue weighted by Gasteiger charge is -2.26. The van der Waals surface area contributed by atoms with Crippen LogP contribution in [0.2, 0.25) is 0 Å². The molecule has 2 aliphatic heterocycles. The van der Waals surface area contributed by atoms with Crippen molar-refractivity contribution in [1.82, 2.24) is 4.90 Å². The molecular weight excluding hydrogens is 438 g/mol. The van der Waals surface area contributed by atoms with Crippen LogP contribution in [0.1, 0.15) is 38.3 Å². The molecule has 2 heterocycles. The standard InChI is InChI=1S/C26H29NO7/c1-26(2,3)34-23(28)14-19(11-18-9-10-21-22(13-18)33-16-32-21)24(29)27-20(15-31-25(27)30)12-17-7-5-4-6-8-17/h4-10,13,19-20H,11-12,14-16H2,1-3H3/t19-,20+/m0/s1. The molecule has 2 atom stereocenters. The van der Waals surface area contributed by atoms with E-state index in [9.17, 15) is 14.4 Å². The number of imide groups is 1. The Bertz CT molecular complexity index is 1060. The number of carbonyl (C=O) groups excluding carboxylic acids is 3. The third-order valence-electron chi connectivity index (χ3n) is 5.61. The van der Waals surface area contributed by atoms with Crippen LogP contribution in [-0.4, -0.2) is 47.9 Å². The van der Waals surface area contributed by atoms with E-state index < -0.39 is 35.5 Å². The zero-order chi connectivity index (χ0) is 24.3. The van der Waals surface area contributed by atoms with E-state index in [2.05, 4.69) is 0 Å². The summed E-state index contributed by atoms with van der Waals surface area (Å²) in [6, 6.07) is 14.6. The molecule has 8 nitrogen and oxygen atoms in total. The van der Waals surface area contributed by atoms with Crippen LogP contribution < -0.4 is 9.47 Å². The Morgan fingerprint density at radius 3 is 2.50 bits per heavy atom. The molecule has 0 bridgehead atoms. The summed E-state index contributed by atoms with van der Waals surface area (Å²) in [6.45, 7) is 5.57. The van der Waals surface area contributed by atoms with Crippen LogP contribution in [0.25, 0.3) is 0 Å². The molecule has 2 aliphatic rings. The number of ether oxygens (including phenoxy) is 4. The second-order valence-corrected chi connectivity index (χ2v) is 9.51. The van der Waals surface area contributed by atoms with Gasteiger partial charge in [0, 0.05) is 0 Å². The van der Waals surface area contributed by atoms with Gasteiger partial charge in [0.15, 0.2) is 11.5 Å². The first-order valence-electron chi connectivity index (χ1n) is 11.3. The molecule has 1 saturated heterocycles. The van der Waals surface area contributed by atoms with Crippen molar-refractivity contribution in [2.45, 2.75) is 51.7 Å². The third-order valence-corrected chi connectivity index (χ3v) is 5.61. The maximum Gasteiger partial charge on any atom is 0.416 e. The fourth-order valence-corrected chi connectivity index (χ4v) is 4.15. The van der Waals surface area contributed by atoms with E-state index in [1.54, 1.807) is 32.9 Å². The van der Waals surface area contributed by atoms with Gasteiger partial charge in [-0.2, -0.15) is 0 Å². The average Bonchev–Trinajstić information content (AvgIpc) is 3.38. The van der Waals surface area contributed by atoms with Gasteiger partial charge in [-0.3, -0.25) is 9.59 Å². The molecular formula is C26H29NO7. The molecule has 2 aromatic carbocycles. The maximum atomic E-state index is 13.7. The molecule has 0 radical (unpaired) electrons. The Balaban J connectivity index is 1.56. The molecule has 0 saturated carbocycles.